The number of rotatable bonds is 40. The van der Waals surface area contributed by atoms with Crippen LogP contribution < -0.4 is 0 Å². The Hall–Kier alpha value is -2.80. The molecule has 2 saturated heterocycles. The molecule has 2 heterocycles. The van der Waals surface area contributed by atoms with Crippen molar-refractivity contribution in [3.05, 3.63) is 60.8 Å². The summed E-state index contributed by atoms with van der Waals surface area (Å²) in [5.74, 6) is -0.945. The summed E-state index contributed by atoms with van der Waals surface area (Å²) >= 11 is 0. The van der Waals surface area contributed by atoms with Gasteiger partial charge in [0, 0.05) is 12.8 Å². The van der Waals surface area contributed by atoms with Crippen LogP contribution in [0.2, 0.25) is 0 Å². The fourth-order valence-corrected chi connectivity index (χ4v) is 7.92. The quantitative estimate of drug-likeness (QED) is 0.0178. The first-order valence-electron chi connectivity index (χ1n) is 26.4. The van der Waals surface area contributed by atoms with Crippen LogP contribution >= 0.6 is 0 Å². The predicted molar refractivity (Wildman–Crippen MR) is 266 cm³/mol. The van der Waals surface area contributed by atoms with Gasteiger partial charge in [0.1, 0.15) is 55.4 Å². The van der Waals surface area contributed by atoms with Gasteiger partial charge in [0.2, 0.25) is 0 Å². The van der Waals surface area contributed by atoms with Gasteiger partial charge in [-0.25, -0.2) is 0 Å². The van der Waals surface area contributed by atoms with Crippen molar-refractivity contribution in [3.63, 3.8) is 0 Å². The molecule has 2 aliphatic rings. The molecule has 0 bridgehead atoms. The zero-order valence-electron chi connectivity index (χ0n) is 42.0. The van der Waals surface area contributed by atoms with Gasteiger partial charge in [-0.05, 0) is 70.6 Å². The van der Waals surface area contributed by atoms with Crippen molar-refractivity contribution in [3.8, 4) is 0 Å². The molecule has 0 radical (unpaired) electrons. The Labute approximate surface area is 413 Å². The first kappa shape index (κ1) is 62.3. The number of allylic oxidation sites excluding steroid dienone is 10. The van der Waals surface area contributed by atoms with Crippen LogP contribution in [0.15, 0.2) is 60.8 Å². The predicted octanol–water partition coefficient (Wildman–Crippen LogP) is 7.66. The average molecular weight is 981 g/mol. The van der Waals surface area contributed by atoms with E-state index in [1.807, 2.05) is 0 Å². The molecule has 0 spiro atoms. The highest BCUT2D eigenvalue weighted by molar-refractivity contribution is 5.70. The van der Waals surface area contributed by atoms with Gasteiger partial charge in [0.15, 0.2) is 18.7 Å². The Balaban J connectivity index is 1.75. The summed E-state index contributed by atoms with van der Waals surface area (Å²) in [5, 5.41) is 72.1. The maximum atomic E-state index is 13.0. The standard InChI is InChI=1S/C54H92O15/c1-3-5-7-9-11-13-15-16-17-18-19-20-21-22-23-24-25-26-27-29-31-33-35-37-46(57)67-42(39-64-45(56)36-34-32-30-28-14-12-10-8-6-4-2)40-65-53-52(63)50(61)48(59)44(69-53)41-66-54-51(62)49(60)47(58)43(38-55)68-54/h5,7-8,10-11,13,16-17,19-20,42-44,47-55,58-63H,3-4,6,9,12,14-15,18,21-41H2,1-2H3/b7-5-,10-8-,13-11-,17-16-,20-19-. The summed E-state index contributed by atoms with van der Waals surface area (Å²) in [6.07, 6.45) is 29.7. The zero-order chi connectivity index (χ0) is 50.3. The molecule has 15 heteroatoms. The second-order valence-corrected chi connectivity index (χ2v) is 18.3. The van der Waals surface area contributed by atoms with Gasteiger partial charge in [0.25, 0.3) is 0 Å². The smallest absolute Gasteiger partial charge is 0.306 e. The number of aliphatic hydroxyl groups excluding tert-OH is 7. The Morgan fingerprint density at radius 1 is 0.478 bits per heavy atom. The number of hydrogen-bond donors (Lipinski definition) is 7. The lowest BCUT2D eigenvalue weighted by atomic mass is 9.98. The van der Waals surface area contributed by atoms with Crippen molar-refractivity contribution in [1.29, 1.82) is 0 Å². The van der Waals surface area contributed by atoms with E-state index in [-0.39, 0.29) is 26.1 Å². The minimum atomic E-state index is -1.77. The Kier molecular flexibility index (Phi) is 36.8. The van der Waals surface area contributed by atoms with E-state index < -0.39 is 92.7 Å². The molecule has 0 aromatic heterocycles. The Morgan fingerprint density at radius 3 is 1.45 bits per heavy atom. The highest BCUT2D eigenvalue weighted by atomic mass is 16.7. The number of aliphatic hydroxyl groups is 7. The van der Waals surface area contributed by atoms with Crippen molar-refractivity contribution >= 4 is 11.9 Å². The number of hydrogen-bond acceptors (Lipinski definition) is 15. The normalized spacial score (nSPS) is 26.0. The molecule has 11 unspecified atom stereocenters. The summed E-state index contributed by atoms with van der Waals surface area (Å²) < 4.78 is 33.5. The van der Waals surface area contributed by atoms with Gasteiger partial charge in [-0.15, -0.1) is 0 Å². The zero-order valence-corrected chi connectivity index (χ0v) is 42.0. The van der Waals surface area contributed by atoms with Crippen molar-refractivity contribution < 1.29 is 73.8 Å². The minimum absolute atomic E-state index is 0.156. The molecular weight excluding hydrogens is 889 g/mol. The Morgan fingerprint density at radius 2 is 0.913 bits per heavy atom. The van der Waals surface area contributed by atoms with Crippen LogP contribution in [0, 0.1) is 0 Å². The third-order valence-corrected chi connectivity index (χ3v) is 12.2. The highest BCUT2D eigenvalue weighted by Crippen LogP contribution is 2.26. The topological polar surface area (TPSA) is 231 Å². The van der Waals surface area contributed by atoms with Crippen molar-refractivity contribution in [2.45, 2.75) is 242 Å². The molecule has 0 aromatic carbocycles. The van der Waals surface area contributed by atoms with Gasteiger partial charge in [-0.2, -0.15) is 0 Å². The van der Waals surface area contributed by atoms with Crippen LogP contribution in [0.5, 0.6) is 0 Å². The molecule has 0 aliphatic carbocycles. The summed E-state index contributed by atoms with van der Waals surface area (Å²) in [6.45, 7) is 2.39. The maximum Gasteiger partial charge on any atom is 0.306 e. The van der Waals surface area contributed by atoms with E-state index in [0.29, 0.717) is 12.8 Å². The van der Waals surface area contributed by atoms with Crippen LogP contribution in [0.25, 0.3) is 0 Å². The van der Waals surface area contributed by atoms with E-state index in [1.165, 1.54) is 32.1 Å². The molecule has 69 heavy (non-hydrogen) atoms. The van der Waals surface area contributed by atoms with Crippen LogP contribution in [-0.2, 0) is 38.0 Å². The second kappa shape index (κ2) is 40.8. The van der Waals surface area contributed by atoms with Crippen LogP contribution in [0.3, 0.4) is 0 Å². The molecule has 0 amide bonds. The first-order valence-corrected chi connectivity index (χ1v) is 26.4. The molecule has 15 nitrogen and oxygen atoms in total. The minimum Gasteiger partial charge on any atom is -0.462 e. The number of carbonyl (C=O) groups excluding carboxylic acids is 2. The maximum absolute atomic E-state index is 13.0. The number of ether oxygens (including phenoxy) is 6. The first-order chi connectivity index (χ1) is 33.5. The van der Waals surface area contributed by atoms with Gasteiger partial charge in [0.05, 0.1) is 19.8 Å². The highest BCUT2D eigenvalue weighted by Gasteiger charge is 2.47. The van der Waals surface area contributed by atoms with E-state index in [4.69, 9.17) is 28.4 Å². The van der Waals surface area contributed by atoms with Crippen LogP contribution in [0.1, 0.15) is 174 Å². The SMILES string of the molecule is CC/C=C\C/C=C\C/C=C\C/C=C\CCCCCCCCCCCCC(=O)OC(COC(=O)CCCCCCC/C=C\CCC)COC1OC(COC2OC(CO)C(O)C(O)C2O)C(O)C(O)C1O. The van der Waals surface area contributed by atoms with Gasteiger partial charge in [-0.1, -0.05) is 152 Å². The molecule has 2 fully saturated rings. The van der Waals surface area contributed by atoms with Gasteiger partial charge in [-0.3, -0.25) is 9.59 Å². The van der Waals surface area contributed by atoms with E-state index in [2.05, 4.69) is 74.6 Å². The lowest BCUT2D eigenvalue weighted by molar-refractivity contribution is -0.332. The van der Waals surface area contributed by atoms with Gasteiger partial charge < -0.3 is 64.2 Å². The molecule has 7 N–H and O–H groups in total. The van der Waals surface area contributed by atoms with Crippen LogP contribution in [0.4, 0.5) is 0 Å². The lowest BCUT2D eigenvalue weighted by Crippen LogP contribution is -2.61. The second-order valence-electron chi connectivity index (χ2n) is 18.3. The summed E-state index contributed by atoms with van der Waals surface area (Å²) in [4.78, 5) is 25.7. The van der Waals surface area contributed by atoms with Crippen LogP contribution in [-0.4, -0.2) is 142 Å². The largest absolute Gasteiger partial charge is 0.462 e. The average Bonchev–Trinajstić information content (AvgIpc) is 3.34. The van der Waals surface area contributed by atoms with Crippen molar-refractivity contribution in [2.24, 2.45) is 0 Å². The molecule has 0 aromatic rings. The number of esters is 2. The van der Waals surface area contributed by atoms with Gasteiger partial charge >= 0.3 is 11.9 Å². The molecule has 2 rings (SSSR count). The lowest BCUT2D eigenvalue weighted by Gasteiger charge is -2.42. The fraction of sp³-hybridized carbons (Fsp3) is 0.778. The van der Waals surface area contributed by atoms with E-state index in [9.17, 15) is 45.3 Å². The molecule has 2 aliphatic heterocycles. The summed E-state index contributed by atoms with van der Waals surface area (Å²) in [6, 6.07) is 0. The Bertz CT molecular complexity index is 1430. The third kappa shape index (κ3) is 28.7. The van der Waals surface area contributed by atoms with E-state index >= 15 is 0 Å². The van der Waals surface area contributed by atoms with Crippen molar-refractivity contribution in [1.82, 2.24) is 0 Å². The number of carbonyl (C=O) groups is 2. The fourth-order valence-electron chi connectivity index (χ4n) is 7.92. The molecular formula is C54H92O15. The van der Waals surface area contributed by atoms with E-state index in [1.54, 1.807) is 0 Å². The monoisotopic (exact) mass is 981 g/mol. The molecule has 398 valence electrons. The van der Waals surface area contributed by atoms with E-state index in [0.717, 1.165) is 103 Å². The number of unbranched alkanes of at least 4 members (excludes halogenated alkanes) is 16. The molecule has 0 saturated carbocycles. The summed E-state index contributed by atoms with van der Waals surface area (Å²) in [7, 11) is 0. The third-order valence-electron chi connectivity index (χ3n) is 12.2. The molecule has 11 atom stereocenters. The summed E-state index contributed by atoms with van der Waals surface area (Å²) in [5.41, 5.74) is 0. The van der Waals surface area contributed by atoms with Crippen molar-refractivity contribution in [2.75, 3.05) is 26.4 Å².